The topological polar surface area (TPSA) is 82.0 Å². The summed E-state index contributed by atoms with van der Waals surface area (Å²) in [6.45, 7) is 0. The van der Waals surface area contributed by atoms with Gasteiger partial charge in [0.05, 0.1) is 5.69 Å². The molecule has 4 N–H and O–H groups in total. The van der Waals surface area contributed by atoms with Gasteiger partial charge in [0.2, 0.25) is 5.95 Å². The second-order valence-corrected chi connectivity index (χ2v) is 2.19. The minimum atomic E-state index is -0.814. The van der Waals surface area contributed by atoms with Gasteiger partial charge in [-0.1, -0.05) is 0 Å². The molecule has 0 aromatic carbocycles. The maximum Gasteiger partial charge on any atom is 0.293 e. The average molecular weight is 179 g/mol. The Morgan fingerprint density at radius 2 is 2.23 bits per heavy atom. The van der Waals surface area contributed by atoms with Crippen molar-refractivity contribution in [2.45, 2.75) is 0 Å². The number of hydrogen-bond donors (Lipinski definition) is 2. The van der Waals surface area contributed by atoms with E-state index in [1.54, 1.807) is 0 Å². The SMILES string of the molecule is NC(=O)C#Cc1nc(F)ccc1N. The highest BCUT2D eigenvalue weighted by Gasteiger charge is 1.98. The van der Waals surface area contributed by atoms with Gasteiger partial charge in [-0.25, -0.2) is 4.98 Å². The number of aromatic nitrogens is 1. The van der Waals surface area contributed by atoms with Crippen LogP contribution in [0.2, 0.25) is 0 Å². The fraction of sp³-hybridized carbons (Fsp3) is 0. The Morgan fingerprint density at radius 3 is 2.85 bits per heavy atom. The predicted molar refractivity (Wildman–Crippen MR) is 44.7 cm³/mol. The van der Waals surface area contributed by atoms with Crippen molar-refractivity contribution in [3.63, 3.8) is 0 Å². The van der Waals surface area contributed by atoms with Crippen molar-refractivity contribution in [3.8, 4) is 11.8 Å². The van der Waals surface area contributed by atoms with E-state index in [1.807, 2.05) is 5.92 Å². The molecule has 1 aromatic rings. The van der Waals surface area contributed by atoms with Crippen molar-refractivity contribution in [2.75, 3.05) is 5.73 Å². The summed E-state index contributed by atoms with van der Waals surface area (Å²) in [6, 6.07) is 2.41. The van der Waals surface area contributed by atoms with E-state index < -0.39 is 11.9 Å². The fourth-order valence-electron chi connectivity index (χ4n) is 0.667. The molecule has 1 heterocycles. The number of hydrogen-bond acceptors (Lipinski definition) is 3. The molecule has 0 radical (unpaired) electrons. The third-order valence-electron chi connectivity index (χ3n) is 1.20. The second-order valence-electron chi connectivity index (χ2n) is 2.19. The number of pyridine rings is 1. The third kappa shape index (κ3) is 2.45. The van der Waals surface area contributed by atoms with Gasteiger partial charge in [-0.2, -0.15) is 4.39 Å². The van der Waals surface area contributed by atoms with Crippen LogP contribution in [0.4, 0.5) is 10.1 Å². The van der Waals surface area contributed by atoms with Crippen LogP contribution in [0.25, 0.3) is 0 Å². The molecule has 0 bridgehead atoms. The van der Waals surface area contributed by atoms with Crippen LogP contribution in [0.15, 0.2) is 12.1 Å². The number of nitrogen functional groups attached to an aromatic ring is 1. The standard InChI is InChI=1S/C8H6FN3O/c9-7-3-1-5(10)6(12-7)2-4-8(11)13/h1,3H,10H2,(H2,11,13). The quantitative estimate of drug-likeness (QED) is 0.421. The van der Waals surface area contributed by atoms with Crippen molar-refractivity contribution in [1.29, 1.82) is 0 Å². The zero-order chi connectivity index (χ0) is 9.84. The molecule has 0 saturated carbocycles. The van der Waals surface area contributed by atoms with E-state index in [1.165, 1.54) is 6.07 Å². The fourth-order valence-corrected chi connectivity index (χ4v) is 0.667. The van der Waals surface area contributed by atoms with E-state index in [0.717, 1.165) is 6.07 Å². The van der Waals surface area contributed by atoms with Gasteiger partial charge in [-0.3, -0.25) is 4.79 Å². The number of carbonyl (C=O) groups excluding carboxylic acids is 1. The molecule has 66 valence electrons. The van der Waals surface area contributed by atoms with Gasteiger partial charge in [0.1, 0.15) is 5.69 Å². The summed E-state index contributed by atoms with van der Waals surface area (Å²) in [5, 5.41) is 0. The third-order valence-corrected chi connectivity index (χ3v) is 1.20. The van der Waals surface area contributed by atoms with Gasteiger partial charge in [-0.15, -0.1) is 0 Å². The lowest BCUT2D eigenvalue weighted by atomic mass is 10.3. The highest BCUT2D eigenvalue weighted by Crippen LogP contribution is 2.06. The minimum Gasteiger partial charge on any atom is -0.396 e. The predicted octanol–water partition coefficient (Wildman–Crippen LogP) is -0.360. The van der Waals surface area contributed by atoms with E-state index in [0.29, 0.717) is 0 Å². The lowest BCUT2D eigenvalue weighted by Crippen LogP contribution is -2.06. The number of amides is 1. The summed E-state index contributed by atoms with van der Waals surface area (Å²) in [6.07, 6.45) is 0. The van der Waals surface area contributed by atoms with E-state index in [-0.39, 0.29) is 11.4 Å². The van der Waals surface area contributed by atoms with Crippen LogP contribution in [-0.2, 0) is 4.79 Å². The molecule has 0 aliphatic carbocycles. The second kappa shape index (κ2) is 3.54. The lowest BCUT2D eigenvalue weighted by Gasteiger charge is -1.95. The van der Waals surface area contributed by atoms with Crippen LogP contribution in [-0.4, -0.2) is 10.9 Å². The molecule has 1 rings (SSSR count). The zero-order valence-corrected chi connectivity index (χ0v) is 6.54. The number of carbonyl (C=O) groups is 1. The van der Waals surface area contributed by atoms with Crippen molar-refractivity contribution in [3.05, 3.63) is 23.8 Å². The number of halogens is 1. The van der Waals surface area contributed by atoms with Gasteiger partial charge in [0.15, 0.2) is 0 Å². The Morgan fingerprint density at radius 1 is 1.54 bits per heavy atom. The average Bonchev–Trinajstić information content (AvgIpc) is 2.06. The molecule has 1 amide bonds. The molecule has 0 aliphatic rings. The van der Waals surface area contributed by atoms with Gasteiger partial charge in [0, 0.05) is 5.92 Å². The van der Waals surface area contributed by atoms with E-state index in [4.69, 9.17) is 11.5 Å². The molecule has 0 fully saturated rings. The van der Waals surface area contributed by atoms with Gasteiger partial charge < -0.3 is 11.5 Å². The summed E-state index contributed by atoms with van der Waals surface area (Å²) < 4.78 is 12.5. The monoisotopic (exact) mass is 179 g/mol. The highest BCUT2D eigenvalue weighted by atomic mass is 19.1. The molecular formula is C8H6FN3O. The number of rotatable bonds is 0. The van der Waals surface area contributed by atoms with Crippen LogP contribution in [0.3, 0.4) is 0 Å². The first-order chi connectivity index (χ1) is 6.09. The molecular weight excluding hydrogens is 173 g/mol. The molecule has 0 aliphatic heterocycles. The normalized spacial score (nSPS) is 8.69. The Balaban J connectivity index is 3.09. The summed E-state index contributed by atoms with van der Waals surface area (Å²) in [4.78, 5) is 13.6. The Labute approximate surface area is 73.8 Å². The first-order valence-electron chi connectivity index (χ1n) is 3.33. The highest BCUT2D eigenvalue weighted by molar-refractivity contribution is 5.92. The van der Waals surface area contributed by atoms with E-state index in [2.05, 4.69) is 10.9 Å². The Kier molecular flexibility index (Phi) is 2.45. The molecule has 0 atom stereocenters. The van der Waals surface area contributed by atoms with E-state index in [9.17, 15) is 9.18 Å². The zero-order valence-electron chi connectivity index (χ0n) is 6.54. The van der Waals surface area contributed by atoms with Crippen LogP contribution in [0.5, 0.6) is 0 Å². The van der Waals surface area contributed by atoms with Crippen molar-refractivity contribution < 1.29 is 9.18 Å². The smallest absolute Gasteiger partial charge is 0.293 e. The summed E-state index contributed by atoms with van der Waals surface area (Å²) in [7, 11) is 0. The van der Waals surface area contributed by atoms with Crippen molar-refractivity contribution in [1.82, 2.24) is 4.98 Å². The largest absolute Gasteiger partial charge is 0.396 e. The van der Waals surface area contributed by atoms with Gasteiger partial charge >= 0.3 is 0 Å². The molecule has 4 nitrogen and oxygen atoms in total. The van der Waals surface area contributed by atoms with Crippen LogP contribution >= 0.6 is 0 Å². The molecule has 0 spiro atoms. The van der Waals surface area contributed by atoms with Crippen molar-refractivity contribution >= 4 is 11.6 Å². The van der Waals surface area contributed by atoms with Crippen LogP contribution < -0.4 is 11.5 Å². The van der Waals surface area contributed by atoms with Crippen molar-refractivity contribution in [2.24, 2.45) is 5.73 Å². The van der Waals surface area contributed by atoms with Crippen LogP contribution in [0.1, 0.15) is 5.69 Å². The minimum absolute atomic E-state index is 0.0128. The maximum atomic E-state index is 12.5. The van der Waals surface area contributed by atoms with Gasteiger partial charge in [0.25, 0.3) is 5.91 Å². The molecule has 1 aromatic heterocycles. The summed E-state index contributed by atoms with van der Waals surface area (Å²) >= 11 is 0. The number of anilines is 1. The lowest BCUT2D eigenvalue weighted by molar-refractivity contribution is -0.112. The first-order valence-corrected chi connectivity index (χ1v) is 3.33. The van der Waals surface area contributed by atoms with Crippen LogP contribution in [0, 0.1) is 17.8 Å². The molecule has 0 unspecified atom stereocenters. The Hall–Kier alpha value is -2.09. The van der Waals surface area contributed by atoms with Gasteiger partial charge in [-0.05, 0) is 18.1 Å². The Bertz CT molecular complexity index is 406. The van der Waals surface area contributed by atoms with E-state index >= 15 is 0 Å². The molecule has 0 saturated heterocycles. The molecule has 5 heteroatoms. The number of nitrogens with zero attached hydrogens (tertiary/aromatic N) is 1. The summed E-state index contributed by atoms with van der Waals surface area (Å²) in [5.74, 6) is 2.74. The maximum absolute atomic E-state index is 12.5. The number of nitrogens with two attached hydrogens (primary N) is 2. The number of primary amides is 1. The first kappa shape index (κ1) is 9.00. The summed E-state index contributed by atoms with van der Waals surface area (Å²) in [5.41, 5.74) is 10.4. The molecule has 13 heavy (non-hydrogen) atoms.